The van der Waals surface area contributed by atoms with Crippen LogP contribution in [0.1, 0.15) is 5.69 Å². The standard InChI is InChI=1S/C18H11N5/c19-11-17-18(22-23-21-17)13-5-3-12(4-6-13)14-7-8-16-15(10-14)2-1-9-20-16/h1-10H,(H,21,22,23). The van der Waals surface area contributed by atoms with Gasteiger partial charge in [0, 0.05) is 17.1 Å². The maximum atomic E-state index is 9.02. The first-order valence-corrected chi connectivity index (χ1v) is 7.11. The fourth-order valence-corrected chi connectivity index (χ4v) is 2.59. The van der Waals surface area contributed by atoms with Crippen LogP contribution in [0.3, 0.4) is 0 Å². The van der Waals surface area contributed by atoms with Crippen LogP contribution >= 0.6 is 0 Å². The Labute approximate surface area is 132 Å². The summed E-state index contributed by atoms with van der Waals surface area (Å²) in [5.74, 6) is 0. The van der Waals surface area contributed by atoms with Gasteiger partial charge in [-0.15, -0.1) is 5.10 Å². The Hall–Kier alpha value is -3.52. The highest BCUT2D eigenvalue weighted by Crippen LogP contribution is 2.26. The van der Waals surface area contributed by atoms with E-state index in [9.17, 15) is 0 Å². The van der Waals surface area contributed by atoms with Crippen molar-refractivity contribution >= 4 is 10.9 Å². The molecule has 0 spiro atoms. The van der Waals surface area contributed by atoms with Crippen molar-refractivity contribution in [2.24, 2.45) is 0 Å². The molecule has 4 rings (SSSR count). The number of aromatic amines is 1. The lowest BCUT2D eigenvalue weighted by Gasteiger charge is -2.05. The molecule has 0 aliphatic heterocycles. The Morgan fingerprint density at radius 3 is 2.48 bits per heavy atom. The third-order valence-electron chi connectivity index (χ3n) is 3.75. The van der Waals surface area contributed by atoms with Crippen molar-refractivity contribution in [1.82, 2.24) is 20.4 Å². The Bertz CT molecular complexity index is 1030. The molecule has 0 saturated carbocycles. The molecule has 4 aromatic rings. The number of fused-ring (bicyclic) bond motifs is 1. The first kappa shape index (κ1) is 13.2. The zero-order valence-corrected chi connectivity index (χ0v) is 12.1. The fourth-order valence-electron chi connectivity index (χ4n) is 2.59. The highest BCUT2D eigenvalue weighted by atomic mass is 15.3. The van der Waals surface area contributed by atoms with Crippen molar-refractivity contribution in [3.63, 3.8) is 0 Å². The van der Waals surface area contributed by atoms with E-state index in [0.717, 1.165) is 27.6 Å². The quantitative estimate of drug-likeness (QED) is 0.613. The van der Waals surface area contributed by atoms with Crippen LogP contribution in [0, 0.1) is 11.3 Å². The van der Waals surface area contributed by atoms with Gasteiger partial charge in [-0.3, -0.25) is 4.98 Å². The summed E-state index contributed by atoms with van der Waals surface area (Å²) in [6.45, 7) is 0. The summed E-state index contributed by atoms with van der Waals surface area (Å²) >= 11 is 0. The fraction of sp³-hybridized carbons (Fsp3) is 0. The zero-order chi connectivity index (χ0) is 15.6. The van der Waals surface area contributed by atoms with E-state index in [1.54, 1.807) is 6.20 Å². The molecule has 0 aliphatic carbocycles. The summed E-state index contributed by atoms with van der Waals surface area (Å²) in [6, 6.07) is 20.1. The molecule has 5 nitrogen and oxygen atoms in total. The monoisotopic (exact) mass is 297 g/mol. The van der Waals surface area contributed by atoms with Crippen LogP contribution in [0.15, 0.2) is 60.8 Å². The molecule has 5 heteroatoms. The van der Waals surface area contributed by atoms with Crippen molar-refractivity contribution in [1.29, 1.82) is 5.26 Å². The number of benzene rings is 2. The van der Waals surface area contributed by atoms with Crippen LogP contribution in [0.2, 0.25) is 0 Å². The maximum absolute atomic E-state index is 9.02. The first-order valence-electron chi connectivity index (χ1n) is 7.11. The van der Waals surface area contributed by atoms with Crippen LogP contribution in [0.25, 0.3) is 33.3 Å². The third-order valence-corrected chi connectivity index (χ3v) is 3.75. The van der Waals surface area contributed by atoms with Gasteiger partial charge in [-0.25, -0.2) is 0 Å². The Morgan fingerprint density at radius 2 is 1.65 bits per heavy atom. The Balaban J connectivity index is 1.74. The number of nitrogens with zero attached hydrogens (tertiary/aromatic N) is 4. The molecule has 0 aliphatic rings. The van der Waals surface area contributed by atoms with E-state index < -0.39 is 0 Å². The molecule has 0 amide bonds. The van der Waals surface area contributed by atoms with Crippen LogP contribution in [0.5, 0.6) is 0 Å². The van der Waals surface area contributed by atoms with E-state index in [4.69, 9.17) is 5.26 Å². The number of nitriles is 1. The lowest BCUT2D eigenvalue weighted by molar-refractivity contribution is 0.937. The molecule has 2 aromatic carbocycles. The molecule has 1 N–H and O–H groups in total. The van der Waals surface area contributed by atoms with E-state index in [-0.39, 0.29) is 0 Å². The van der Waals surface area contributed by atoms with Crippen LogP contribution in [0.4, 0.5) is 0 Å². The van der Waals surface area contributed by atoms with Gasteiger partial charge in [0.25, 0.3) is 0 Å². The highest BCUT2D eigenvalue weighted by Gasteiger charge is 2.09. The zero-order valence-electron chi connectivity index (χ0n) is 12.1. The lowest BCUT2D eigenvalue weighted by atomic mass is 10.0. The molecule has 0 bridgehead atoms. The number of rotatable bonds is 2. The third kappa shape index (κ3) is 2.32. The van der Waals surface area contributed by atoms with Gasteiger partial charge in [0.15, 0.2) is 5.69 Å². The van der Waals surface area contributed by atoms with Crippen LogP contribution < -0.4 is 0 Å². The van der Waals surface area contributed by atoms with E-state index in [1.165, 1.54) is 0 Å². The summed E-state index contributed by atoms with van der Waals surface area (Å²) in [5, 5.41) is 20.5. The lowest BCUT2D eigenvalue weighted by Crippen LogP contribution is -1.84. The molecule has 0 fully saturated rings. The van der Waals surface area contributed by atoms with E-state index in [1.807, 2.05) is 42.5 Å². The normalized spacial score (nSPS) is 10.6. The molecular formula is C18H11N5. The topological polar surface area (TPSA) is 78.2 Å². The number of pyridine rings is 1. The number of hydrogen-bond donors (Lipinski definition) is 1. The second kappa shape index (κ2) is 5.35. The minimum absolute atomic E-state index is 0.300. The smallest absolute Gasteiger partial charge is 0.190 e. The Morgan fingerprint density at radius 1 is 0.870 bits per heavy atom. The maximum Gasteiger partial charge on any atom is 0.190 e. The number of nitrogens with one attached hydrogen (secondary N) is 1. The van der Waals surface area contributed by atoms with Crippen molar-refractivity contribution in [3.05, 3.63) is 66.5 Å². The van der Waals surface area contributed by atoms with Gasteiger partial charge in [-0.2, -0.15) is 15.6 Å². The van der Waals surface area contributed by atoms with E-state index in [0.29, 0.717) is 11.4 Å². The van der Waals surface area contributed by atoms with Crippen molar-refractivity contribution in [3.8, 4) is 28.5 Å². The SMILES string of the molecule is N#Cc1n[nH]nc1-c1ccc(-c2ccc3ncccc3c2)cc1. The molecule has 0 unspecified atom stereocenters. The van der Waals surface area contributed by atoms with Gasteiger partial charge in [-0.05, 0) is 29.3 Å². The van der Waals surface area contributed by atoms with Gasteiger partial charge in [0.2, 0.25) is 0 Å². The second-order valence-corrected chi connectivity index (χ2v) is 5.12. The van der Waals surface area contributed by atoms with E-state index >= 15 is 0 Å². The average molecular weight is 297 g/mol. The molecule has 0 atom stereocenters. The number of hydrogen-bond acceptors (Lipinski definition) is 4. The summed E-state index contributed by atoms with van der Waals surface area (Å²) in [7, 11) is 0. The molecule has 0 saturated heterocycles. The number of aromatic nitrogens is 4. The molecular weight excluding hydrogens is 286 g/mol. The number of H-pyrrole nitrogens is 1. The summed E-state index contributed by atoms with van der Waals surface area (Å²) in [6.07, 6.45) is 1.79. The van der Waals surface area contributed by atoms with Crippen LogP contribution in [-0.2, 0) is 0 Å². The average Bonchev–Trinajstić information content (AvgIpc) is 3.10. The predicted octanol–water partition coefficient (Wildman–Crippen LogP) is 3.56. The van der Waals surface area contributed by atoms with Gasteiger partial charge in [0.1, 0.15) is 11.8 Å². The Kier molecular flexibility index (Phi) is 3.06. The van der Waals surface area contributed by atoms with Crippen molar-refractivity contribution in [2.45, 2.75) is 0 Å². The molecule has 0 radical (unpaired) electrons. The molecule has 108 valence electrons. The van der Waals surface area contributed by atoms with Crippen molar-refractivity contribution < 1.29 is 0 Å². The van der Waals surface area contributed by atoms with Gasteiger partial charge >= 0.3 is 0 Å². The minimum atomic E-state index is 0.300. The van der Waals surface area contributed by atoms with Gasteiger partial charge < -0.3 is 0 Å². The molecule has 2 heterocycles. The van der Waals surface area contributed by atoms with Gasteiger partial charge in [0.05, 0.1) is 5.52 Å². The summed E-state index contributed by atoms with van der Waals surface area (Å²) in [4.78, 5) is 4.33. The van der Waals surface area contributed by atoms with Crippen LogP contribution in [-0.4, -0.2) is 20.4 Å². The highest BCUT2D eigenvalue weighted by molar-refractivity contribution is 5.84. The van der Waals surface area contributed by atoms with Gasteiger partial charge in [-0.1, -0.05) is 36.4 Å². The van der Waals surface area contributed by atoms with E-state index in [2.05, 4.69) is 38.6 Å². The summed E-state index contributed by atoms with van der Waals surface area (Å²) in [5.41, 5.74) is 4.94. The second-order valence-electron chi connectivity index (χ2n) is 5.12. The predicted molar refractivity (Wildman–Crippen MR) is 87.3 cm³/mol. The first-order chi connectivity index (χ1) is 11.3. The molecule has 23 heavy (non-hydrogen) atoms. The summed E-state index contributed by atoms with van der Waals surface area (Å²) < 4.78 is 0. The minimum Gasteiger partial charge on any atom is -0.256 e. The molecule has 2 aromatic heterocycles. The largest absolute Gasteiger partial charge is 0.256 e. The van der Waals surface area contributed by atoms with Crippen molar-refractivity contribution in [2.75, 3.05) is 0 Å².